The maximum absolute atomic E-state index is 12.1. The van der Waals surface area contributed by atoms with Crippen molar-refractivity contribution in [2.24, 2.45) is 0 Å². The summed E-state index contributed by atoms with van der Waals surface area (Å²) in [5.74, 6) is -0.753. The van der Waals surface area contributed by atoms with E-state index in [9.17, 15) is 9.59 Å². The molecule has 2 heterocycles. The van der Waals surface area contributed by atoms with E-state index >= 15 is 0 Å². The van der Waals surface area contributed by atoms with Crippen molar-refractivity contribution in [3.63, 3.8) is 0 Å². The minimum absolute atomic E-state index is 0.194. The molecule has 0 atom stereocenters. The third-order valence-corrected chi connectivity index (χ3v) is 3.99. The highest BCUT2D eigenvalue weighted by Gasteiger charge is 2.14. The quantitative estimate of drug-likeness (QED) is 0.798. The number of aryl methyl sites for hydroxylation is 2. The summed E-state index contributed by atoms with van der Waals surface area (Å²) in [6, 6.07) is 9.40. The van der Waals surface area contributed by atoms with Crippen LogP contribution in [0.2, 0.25) is 0 Å². The SMILES string of the molecule is Cc1cc(C)cc(NC(=O)Cn2nc(-c3cccs3)oc2=O)c1. The van der Waals surface area contributed by atoms with Crippen LogP contribution >= 0.6 is 11.3 Å². The lowest BCUT2D eigenvalue weighted by Crippen LogP contribution is -2.25. The van der Waals surface area contributed by atoms with Crippen molar-refractivity contribution in [3.8, 4) is 10.8 Å². The van der Waals surface area contributed by atoms with Crippen molar-refractivity contribution in [1.29, 1.82) is 0 Å². The Morgan fingerprint density at radius 3 is 2.70 bits per heavy atom. The predicted molar refractivity (Wildman–Crippen MR) is 88.6 cm³/mol. The summed E-state index contributed by atoms with van der Waals surface area (Å²) < 4.78 is 6.10. The van der Waals surface area contributed by atoms with Gasteiger partial charge in [0, 0.05) is 5.69 Å². The van der Waals surface area contributed by atoms with Crippen molar-refractivity contribution in [2.75, 3.05) is 5.32 Å². The molecule has 0 radical (unpaired) electrons. The molecular weight excluding hydrogens is 314 g/mol. The van der Waals surface area contributed by atoms with Crippen LogP contribution in [-0.4, -0.2) is 15.7 Å². The van der Waals surface area contributed by atoms with Crippen LogP contribution in [-0.2, 0) is 11.3 Å². The molecule has 3 aromatic rings. The second kappa shape index (κ2) is 6.21. The molecular formula is C16H15N3O3S. The first kappa shape index (κ1) is 15.2. The molecule has 1 N–H and O–H groups in total. The third kappa shape index (κ3) is 3.57. The van der Waals surface area contributed by atoms with E-state index in [0.717, 1.165) is 20.7 Å². The molecule has 7 heteroatoms. The van der Waals surface area contributed by atoms with Gasteiger partial charge in [0.1, 0.15) is 6.54 Å². The first-order chi connectivity index (χ1) is 11.0. The van der Waals surface area contributed by atoms with Crippen molar-refractivity contribution < 1.29 is 9.21 Å². The zero-order chi connectivity index (χ0) is 16.4. The maximum Gasteiger partial charge on any atom is 0.437 e. The topological polar surface area (TPSA) is 77.1 Å². The van der Waals surface area contributed by atoms with Crippen LogP contribution in [0, 0.1) is 13.8 Å². The first-order valence-electron chi connectivity index (χ1n) is 7.01. The zero-order valence-corrected chi connectivity index (χ0v) is 13.5. The Hall–Kier alpha value is -2.67. The van der Waals surface area contributed by atoms with Gasteiger partial charge in [-0.1, -0.05) is 12.1 Å². The maximum atomic E-state index is 12.1. The number of benzene rings is 1. The van der Waals surface area contributed by atoms with Gasteiger partial charge in [0.15, 0.2) is 0 Å². The number of anilines is 1. The van der Waals surface area contributed by atoms with E-state index in [-0.39, 0.29) is 18.3 Å². The van der Waals surface area contributed by atoms with Gasteiger partial charge in [0.05, 0.1) is 4.88 Å². The molecule has 1 aromatic carbocycles. The standard InChI is InChI=1S/C16H15N3O3S/c1-10-6-11(2)8-12(7-10)17-14(20)9-19-16(21)22-15(18-19)13-4-3-5-23-13/h3-8H,9H2,1-2H3,(H,17,20). The average molecular weight is 329 g/mol. The fourth-order valence-electron chi connectivity index (χ4n) is 2.29. The Kier molecular flexibility index (Phi) is 4.12. The number of nitrogens with one attached hydrogen (secondary N) is 1. The number of amides is 1. The zero-order valence-electron chi connectivity index (χ0n) is 12.7. The fraction of sp³-hybridized carbons (Fsp3) is 0.188. The van der Waals surface area contributed by atoms with Crippen LogP contribution in [0.1, 0.15) is 11.1 Å². The van der Waals surface area contributed by atoms with Crippen LogP contribution in [0.5, 0.6) is 0 Å². The summed E-state index contributed by atoms with van der Waals surface area (Å²) in [6.07, 6.45) is 0. The molecule has 1 amide bonds. The molecule has 0 aliphatic heterocycles. The van der Waals surface area contributed by atoms with Gasteiger partial charge in [-0.3, -0.25) is 4.79 Å². The number of carbonyl (C=O) groups excluding carboxylic acids is 1. The molecule has 23 heavy (non-hydrogen) atoms. The van der Waals surface area contributed by atoms with Gasteiger partial charge in [-0.05, 0) is 48.6 Å². The van der Waals surface area contributed by atoms with Gasteiger partial charge < -0.3 is 9.73 Å². The Balaban J connectivity index is 1.74. The molecule has 0 unspecified atom stereocenters. The summed E-state index contributed by atoms with van der Waals surface area (Å²) in [7, 11) is 0. The summed E-state index contributed by atoms with van der Waals surface area (Å²) in [6.45, 7) is 3.72. The smallest absolute Gasteiger partial charge is 0.387 e. The second-order valence-corrected chi connectivity index (χ2v) is 6.18. The van der Waals surface area contributed by atoms with Gasteiger partial charge >= 0.3 is 5.76 Å². The van der Waals surface area contributed by atoms with E-state index in [1.54, 1.807) is 6.07 Å². The number of thiophene rings is 1. The fourth-order valence-corrected chi connectivity index (χ4v) is 2.93. The number of carbonyl (C=O) groups is 1. The van der Waals surface area contributed by atoms with Crippen LogP contribution in [0.15, 0.2) is 44.9 Å². The molecule has 0 spiro atoms. The van der Waals surface area contributed by atoms with E-state index in [2.05, 4.69) is 10.4 Å². The predicted octanol–water partition coefficient (Wildman–Crippen LogP) is 2.82. The van der Waals surface area contributed by atoms with E-state index in [0.29, 0.717) is 5.69 Å². The summed E-state index contributed by atoms with van der Waals surface area (Å²) in [4.78, 5) is 24.6. The lowest BCUT2D eigenvalue weighted by Gasteiger charge is -2.06. The number of hydrogen-bond donors (Lipinski definition) is 1. The molecule has 0 aliphatic carbocycles. The van der Waals surface area contributed by atoms with Crippen LogP contribution in [0.4, 0.5) is 5.69 Å². The molecule has 6 nitrogen and oxygen atoms in total. The van der Waals surface area contributed by atoms with Crippen molar-refractivity contribution in [3.05, 3.63) is 57.4 Å². The Bertz CT molecular complexity index is 873. The normalized spacial score (nSPS) is 10.7. The third-order valence-electron chi connectivity index (χ3n) is 3.14. The highest BCUT2D eigenvalue weighted by molar-refractivity contribution is 7.13. The van der Waals surface area contributed by atoms with Gasteiger partial charge in [-0.25, -0.2) is 4.79 Å². The second-order valence-electron chi connectivity index (χ2n) is 5.23. The van der Waals surface area contributed by atoms with E-state index in [1.165, 1.54) is 11.3 Å². The van der Waals surface area contributed by atoms with Crippen LogP contribution in [0.3, 0.4) is 0 Å². The first-order valence-corrected chi connectivity index (χ1v) is 7.89. The summed E-state index contributed by atoms with van der Waals surface area (Å²) in [5.41, 5.74) is 2.81. The average Bonchev–Trinajstić information content (AvgIpc) is 3.08. The number of aromatic nitrogens is 2. The largest absolute Gasteiger partial charge is 0.437 e. The highest BCUT2D eigenvalue weighted by Crippen LogP contribution is 2.21. The van der Waals surface area contributed by atoms with Crippen LogP contribution in [0.25, 0.3) is 10.8 Å². The van der Waals surface area contributed by atoms with E-state index < -0.39 is 5.76 Å². The lowest BCUT2D eigenvalue weighted by molar-refractivity contribution is -0.117. The van der Waals surface area contributed by atoms with Crippen molar-refractivity contribution in [2.45, 2.75) is 20.4 Å². The van der Waals surface area contributed by atoms with Gasteiger partial charge in [0.25, 0.3) is 5.89 Å². The Labute approximate surface area is 136 Å². The van der Waals surface area contributed by atoms with Gasteiger partial charge in [-0.15, -0.1) is 16.4 Å². The van der Waals surface area contributed by atoms with Gasteiger partial charge in [0.2, 0.25) is 5.91 Å². The minimum Gasteiger partial charge on any atom is -0.387 e. The molecule has 2 aromatic heterocycles. The number of nitrogens with zero attached hydrogens (tertiary/aromatic N) is 2. The summed E-state index contributed by atoms with van der Waals surface area (Å²) in [5, 5.41) is 8.68. The lowest BCUT2D eigenvalue weighted by atomic mass is 10.1. The van der Waals surface area contributed by atoms with Crippen molar-refractivity contribution in [1.82, 2.24) is 9.78 Å². The van der Waals surface area contributed by atoms with Crippen molar-refractivity contribution >= 4 is 22.9 Å². The van der Waals surface area contributed by atoms with Gasteiger partial charge in [-0.2, -0.15) is 4.68 Å². The monoisotopic (exact) mass is 329 g/mol. The van der Waals surface area contributed by atoms with Crippen LogP contribution < -0.4 is 11.1 Å². The molecule has 118 valence electrons. The molecule has 0 saturated heterocycles. The van der Waals surface area contributed by atoms with E-state index in [4.69, 9.17) is 4.42 Å². The Morgan fingerprint density at radius 1 is 1.30 bits per heavy atom. The number of rotatable bonds is 4. The highest BCUT2D eigenvalue weighted by atomic mass is 32.1. The Morgan fingerprint density at radius 2 is 2.04 bits per heavy atom. The molecule has 0 bridgehead atoms. The number of hydrogen-bond acceptors (Lipinski definition) is 5. The molecule has 0 saturated carbocycles. The molecule has 0 aliphatic rings. The van der Waals surface area contributed by atoms with E-state index in [1.807, 2.05) is 43.5 Å². The summed E-state index contributed by atoms with van der Waals surface area (Å²) >= 11 is 1.41. The minimum atomic E-state index is -0.649. The molecule has 3 rings (SSSR count). The molecule has 0 fully saturated rings.